The molecule has 0 radical (unpaired) electrons. The van der Waals surface area contributed by atoms with E-state index < -0.39 is 10.0 Å². The highest BCUT2D eigenvalue weighted by molar-refractivity contribution is 7.89. The molecule has 0 saturated heterocycles. The average molecular weight is 279 g/mol. The van der Waals surface area contributed by atoms with Crippen LogP contribution in [-0.4, -0.2) is 33.0 Å². The van der Waals surface area contributed by atoms with E-state index in [1.165, 1.54) is 0 Å². The Kier molecular flexibility index (Phi) is 4.47. The van der Waals surface area contributed by atoms with E-state index in [0.717, 1.165) is 11.9 Å². The maximum absolute atomic E-state index is 12.2. The zero-order valence-corrected chi connectivity index (χ0v) is 11.6. The SMILES string of the molecule is CCNCCNS(=O)(=O)c1cccc2cccnc12. The first-order valence-corrected chi connectivity index (χ1v) is 7.67. The number of hydrogen-bond acceptors (Lipinski definition) is 4. The third-order valence-corrected chi connectivity index (χ3v) is 4.22. The van der Waals surface area contributed by atoms with Crippen LogP contribution in [0.4, 0.5) is 0 Å². The Hall–Kier alpha value is -1.50. The number of likely N-dealkylation sites (N-methyl/N-ethyl adjacent to an activating group) is 1. The van der Waals surface area contributed by atoms with Gasteiger partial charge in [0.15, 0.2) is 0 Å². The number of fused-ring (bicyclic) bond motifs is 1. The minimum Gasteiger partial charge on any atom is -0.316 e. The first-order valence-electron chi connectivity index (χ1n) is 6.19. The highest BCUT2D eigenvalue weighted by Crippen LogP contribution is 2.20. The lowest BCUT2D eigenvalue weighted by Crippen LogP contribution is -2.31. The van der Waals surface area contributed by atoms with Crippen molar-refractivity contribution >= 4 is 20.9 Å². The Balaban J connectivity index is 2.28. The molecule has 6 heteroatoms. The summed E-state index contributed by atoms with van der Waals surface area (Å²) in [6.45, 7) is 3.76. The second-order valence-corrected chi connectivity index (χ2v) is 5.82. The lowest BCUT2D eigenvalue weighted by Gasteiger charge is -2.09. The zero-order valence-electron chi connectivity index (χ0n) is 10.8. The van der Waals surface area contributed by atoms with Crippen molar-refractivity contribution in [1.29, 1.82) is 0 Å². The number of nitrogens with one attached hydrogen (secondary N) is 2. The molecule has 2 N–H and O–H groups in total. The van der Waals surface area contributed by atoms with E-state index in [9.17, 15) is 8.42 Å². The van der Waals surface area contributed by atoms with Gasteiger partial charge in [0.25, 0.3) is 0 Å². The van der Waals surface area contributed by atoms with Crippen LogP contribution in [0.1, 0.15) is 6.92 Å². The number of sulfonamides is 1. The summed E-state index contributed by atoms with van der Waals surface area (Å²) in [6.07, 6.45) is 1.60. The quantitative estimate of drug-likeness (QED) is 0.777. The molecule has 0 bridgehead atoms. The molecular formula is C13H17N3O2S. The van der Waals surface area contributed by atoms with Gasteiger partial charge in [-0.1, -0.05) is 25.1 Å². The lowest BCUT2D eigenvalue weighted by molar-refractivity contribution is 0.578. The highest BCUT2D eigenvalue weighted by atomic mass is 32.2. The van der Waals surface area contributed by atoms with Gasteiger partial charge in [-0.2, -0.15) is 0 Å². The number of para-hydroxylation sites is 1. The van der Waals surface area contributed by atoms with E-state index in [1.54, 1.807) is 24.4 Å². The molecule has 0 saturated carbocycles. The molecule has 2 aromatic rings. The maximum Gasteiger partial charge on any atom is 0.242 e. The molecule has 0 fully saturated rings. The van der Waals surface area contributed by atoms with Gasteiger partial charge in [-0.25, -0.2) is 13.1 Å². The van der Waals surface area contributed by atoms with Crippen LogP contribution in [0.25, 0.3) is 10.9 Å². The van der Waals surface area contributed by atoms with Crippen molar-refractivity contribution < 1.29 is 8.42 Å². The monoisotopic (exact) mass is 279 g/mol. The average Bonchev–Trinajstić information content (AvgIpc) is 2.43. The van der Waals surface area contributed by atoms with E-state index in [1.807, 2.05) is 19.1 Å². The van der Waals surface area contributed by atoms with Crippen molar-refractivity contribution in [3.05, 3.63) is 36.5 Å². The first kappa shape index (κ1) is 13.9. The Morgan fingerprint density at radius 3 is 2.74 bits per heavy atom. The number of pyridine rings is 1. The molecule has 0 aliphatic carbocycles. The van der Waals surface area contributed by atoms with Gasteiger partial charge in [0.2, 0.25) is 10.0 Å². The van der Waals surface area contributed by atoms with Gasteiger partial charge >= 0.3 is 0 Å². The highest BCUT2D eigenvalue weighted by Gasteiger charge is 2.17. The third kappa shape index (κ3) is 3.28. The minimum atomic E-state index is -3.52. The normalized spacial score (nSPS) is 11.8. The van der Waals surface area contributed by atoms with Crippen molar-refractivity contribution in [3.63, 3.8) is 0 Å². The van der Waals surface area contributed by atoms with E-state index in [2.05, 4.69) is 15.0 Å². The number of nitrogens with zero attached hydrogens (tertiary/aromatic N) is 1. The van der Waals surface area contributed by atoms with E-state index in [4.69, 9.17) is 0 Å². The molecule has 0 aliphatic rings. The number of aromatic nitrogens is 1. The van der Waals surface area contributed by atoms with Crippen LogP contribution in [0.2, 0.25) is 0 Å². The topological polar surface area (TPSA) is 71.1 Å². The lowest BCUT2D eigenvalue weighted by atomic mass is 10.2. The van der Waals surface area contributed by atoms with E-state index in [0.29, 0.717) is 18.6 Å². The van der Waals surface area contributed by atoms with Gasteiger partial charge in [0.05, 0.1) is 5.52 Å². The summed E-state index contributed by atoms with van der Waals surface area (Å²) in [7, 11) is -3.52. The Morgan fingerprint density at radius 1 is 1.16 bits per heavy atom. The third-order valence-electron chi connectivity index (χ3n) is 2.73. The van der Waals surface area contributed by atoms with Gasteiger partial charge in [0.1, 0.15) is 4.90 Å². The molecule has 102 valence electrons. The van der Waals surface area contributed by atoms with Crippen LogP contribution >= 0.6 is 0 Å². The first-order chi connectivity index (χ1) is 9.15. The molecule has 0 amide bonds. The Labute approximate surface area is 113 Å². The van der Waals surface area contributed by atoms with Gasteiger partial charge in [-0.3, -0.25) is 4.98 Å². The fourth-order valence-electron chi connectivity index (χ4n) is 1.82. The second-order valence-electron chi connectivity index (χ2n) is 4.08. The molecule has 1 aromatic heterocycles. The summed E-state index contributed by atoms with van der Waals surface area (Å²) in [5.41, 5.74) is 0.501. The molecule has 19 heavy (non-hydrogen) atoms. The molecule has 0 atom stereocenters. The van der Waals surface area contributed by atoms with Gasteiger partial charge in [0, 0.05) is 24.7 Å². The van der Waals surface area contributed by atoms with Crippen LogP contribution in [0, 0.1) is 0 Å². The van der Waals surface area contributed by atoms with Crippen molar-refractivity contribution in [1.82, 2.24) is 15.0 Å². The summed E-state index contributed by atoms with van der Waals surface area (Å²) in [6, 6.07) is 8.78. The predicted octanol–water partition coefficient (Wildman–Crippen LogP) is 1.12. The molecule has 1 aromatic carbocycles. The van der Waals surface area contributed by atoms with Crippen LogP contribution in [0.3, 0.4) is 0 Å². The number of hydrogen-bond donors (Lipinski definition) is 2. The summed E-state index contributed by atoms with van der Waals surface area (Å²) in [5, 5.41) is 3.88. The van der Waals surface area contributed by atoms with E-state index >= 15 is 0 Å². The Morgan fingerprint density at radius 2 is 1.95 bits per heavy atom. The van der Waals surface area contributed by atoms with Crippen molar-refractivity contribution in [2.75, 3.05) is 19.6 Å². The number of rotatable bonds is 6. The standard InChI is InChI=1S/C13H17N3O2S/c1-2-14-9-10-16-19(17,18)12-7-3-5-11-6-4-8-15-13(11)12/h3-8,14,16H,2,9-10H2,1H3. The molecule has 0 aliphatic heterocycles. The van der Waals surface area contributed by atoms with Crippen LogP contribution in [0.5, 0.6) is 0 Å². The number of benzene rings is 1. The fourth-order valence-corrected chi connectivity index (χ4v) is 3.03. The molecule has 0 unspecified atom stereocenters. The van der Waals surface area contributed by atoms with Gasteiger partial charge in [-0.15, -0.1) is 0 Å². The van der Waals surface area contributed by atoms with Gasteiger partial charge in [-0.05, 0) is 18.7 Å². The van der Waals surface area contributed by atoms with Crippen LogP contribution < -0.4 is 10.0 Å². The fraction of sp³-hybridized carbons (Fsp3) is 0.308. The van der Waals surface area contributed by atoms with Crippen molar-refractivity contribution in [2.45, 2.75) is 11.8 Å². The van der Waals surface area contributed by atoms with Crippen molar-refractivity contribution in [2.24, 2.45) is 0 Å². The zero-order chi connectivity index (χ0) is 13.7. The summed E-state index contributed by atoms with van der Waals surface area (Å²) in [5.74, 6) is 0. The summed E-state index contributed by atoms with van der Waals surface area (Å²) >= 11 is 0. The van der Waals surface area contributed by atoms with Crippen LogP contribution in [0.15, 0.2) is 41.4 Å². The summed E-state index contributed by atoms with van der Waals surface area (Å²) in [4.78, 5) is 4.38. The minimum absolute atomic E-state index is 0.224. The maximum atomic E-state index is 12.2. The molecule has 2 rings (SSSR count). The second kappa shape index (κ2) is 6.10. The molecule has 1 heterocycles. The smallest absolute Gasteiger partial charge is 0.242 e. The van der Waals surface area contributed by atoms with Gasteiger partial charge < -0.3 is 5.32 Å². The van der Waals surface area contributed by atoms with Crippen molar-refractivity contribution in [3.8, 4) is 0 Å². The molecule has 0 spiro atoms. The largest absolute Gasteiger partial charge is 0.316 e. The summed E-state index contributed by atoms with van der Waals surface area (Å²) < 4.78 is 27.0. The van der Waals surface area contributed by atoms with E-state index in [-0.39, 0.29) is 4.90 Å². The molecule has 5 nitrogen and oxygen atoms in total. The molecular weight excluding hydrogens is 262 g/mol. The van der Waals surface area contributed by atoms with Crippen LogP contribution in [-0.2, 0) is 10.0 Å². The predicted molar refractivity (Wildman–Crippen MR) is 75.5 cm³/mol. The Bertz CT molecular complexity index is 650.